The van der Waals surface area contributed by atoms with Gasteiger partial charge in [0.05, 0.1) is 0 Å². The summed E-state index contributed by atoms with van der Waals surface area (Å²) in [5.41, 5.74) is 5.10. The number of rotatable bonds is 13. The minimum Gasteiger partial charge on any atom is -0.508 e. The maximum absolute atomic E-state index is 12.6. The Hall–Kier alpha value is -4.00. The molecule has 3 aromatic carbocycles. The van der Waals surface area contributed by atoms with Gasteiger partial charge in [-0.25, -0.2) is 0 Å². The molecule has 7 heteroatoms. The predicted octanol–water partition coefficient (Wildman–Crippen LogP) is 10.0. The first-order valence-electron chi connectivity index (χ1n) is 19.4. The molecule has 7 nitrogen and oxygen atoms in total. The SMILES string of the molecule is CC(C)(C)c1cc(CCC(=O)NCCCCCCNC(=O)CCc2cc(C(C)(C)C)c(O)c(C(C)(C)C)c2)cc(C(C)(C)C)c1O.Oc1ccccc1. The molecule has 294 valence electrons. The van der Waals surface area contributed by atoms with Gasteiger partial charge in [-0.3, -0.25) is 9.59 Å². The number of amides is 2. The van der Waals surface area contributed by atoms with Crippen LogP contribution in [0.15, 0.2) is 54.6 Å². The normalized spacial score (nSPS) is 12.2. The van der Waals surface area contributed by atoms with Crippen molar-refractivity contribution >= 4 is 11.8 Å². The molecule has 0 bridgehead atoms. The average molecular weight is 731 g/mol. The van der Waals surface area contributed by atoms with E-state index in [4.69, 9.17) is 5.11 Å². The Morgan fingerprint density at radius 1 is 0.491 bits per heavy atom. The van der Waals surface area contributed by atoms with E-state index in [1.807, 2.05) is 6.07 Å². The molecule has 3 rings (SSSR count). The van der Waals surface area contributed by atoms with Crippen molar-refractivity contribution in [1.29, 1.82) is 0 Å². The van der Waals surface area contributed by atoms with Gasteiger partial charge in [0.15, 0.2) is 0 Å². The Morgan fingerprint density at radius 2 is 0.792 bits per heavy atom. The number of aryl methyl sites for hydroxylation is 2. The van der Waals surface area contributed by atoms with E-state index in [0.29, 0.717) is 56.0 Å². The van der Waals surface area contributed by atoms with Crippen molar-refractivity contribution in [3.8, 4) is 17.2 Å². The molecule has 2 amide bonds. The van der Waals surface area contributed by atoms with E-state index in [-0.39, 0.29) is 33.5 Å². The van der Waals surface area contributed by atoms with E-state index in [2.05, 4.69) is 118 Å². The molecular weight excluding hydrogens is 661 g/mol. The molecule has 5 N–H and O–H groups in total. The van der Waals surface area contributed by atoms with Gasteiger partial charge in [-0.05, 0) is 92.9 Å². The zero-order valence-electron chi connectivity index (χ0n) is 34.9. The third kappa shape index (κ3) is 15.5. The smallest absolute Gasteiger partial charge is 0.220 e. The summed E-state index contributed by atoms with van der Waals surface area (Å²) in [7, 11) is 0. The Kier molecular flexibility index (Phi) is 16.5. The first-order valence-corrected chi connectivity index (χ1v) is 19.4. The summed E-state index contributed by atoms with van der Waals surface area (Å²) in [6, 6.07) is 16.9. The number of para-hydroxylation sites is 1. The number of phenolic OH excluding ortho intramolecular Hbond substituents is 3. The standard InChI is InChI=1S/C40H64N2O4.C6H6O/c1-37(2,3)29-23-27(24-30(35(29)45)38(4,5)6)17-19-33(43)41-21-15-13-14-16-22-42-34(44)20-18-28-25-31(39(7,8)9)36(46)32(26-28)40(10,11)12;7-6-4-2-1-3-5-6/h23-26,45-46H,13-22H2,1-12H3,(H,41,43)(H,42,44);1-5,7H. The second kappa shape index (κ2) is 19.4. The molecular formula is C46H70N2O5. The van der Waals surface area contributed by atoms with E-state index in [9.17, 15) is 19.8 Å². The molecule has 0 aliphatic rings. The summed E-state index contributed by atoms with van der Waals surface area (Å²) >= 11 is 0. The largest absolute Gasteiger partial charge is 0.508 e. The number of nitrogens with one attached hydrogen (secondary N) is 2. The number of unbranched alkanes of at least 4 members (excludes halogenated alkanes) is 3. The maximum atomic E-state index is 12.6. The molecule has 0 radical (unpaired) electrons. The first kappa shape index (κ1) is 45.2. The Bertz CT molecular complexity index is 1440. The Balaban J connectivity index is 0.00000124. The summed E-state index contributed by atoms with van der Waals surface area (Å²) in [5, 5.41) is 36.6. The van der Waals surface area contributed by atoms with Crippen LogP contribution in [0.2, 0.25) is 0 Å². The molecule has 0 unspecified atom stereocenters. The molecule has 0 heterocycles. The third-order valence-electron chi connectivity index (χ3n) is 9.36. The van der Waals surface area contributed by atoms with E-state index >= 15 is 0 Å². The van der Waals surface area contributed by atoms with Gasteiger partial charge >= 0.3 is 0 Å². The number of carbonyl (C=O) groups is 2. The molecule has 0 fully saturated rings. The lowest BCUT2D eigenvalue weighted by Gasteiger charge is -2.28. The molecule has 0 aromatic heterocycles. The van der Waals surface area contributed by atoms with Crippen molar-refractivity contribution in [1.82, 2.24) is 10.6 Å². The fraction of sp³-hybridized carbons (Fsp3) is 0.565. The zero-order chi connectivity index (χ0) is 40.2. The van der Waals surface area contributed by atoms with Gasteiger partial charge in [0, 0.05) is 25.9 Å². The number of phenols is 3. The fourth-order valence-corrected chi connectivity index (χ4v) is 6.14. The van der Waals surface area contributed by atoms with Gasteiger partial charge in [-0.15, -0.1) is 0 Å². The van der Waals surface area contributed by atoms with Crippen molar-refractivity contribution in [2.75, 3.05) is 13.1 Å². The van der Waals surface area contributed by atoms with Crippen molar-refractivity contribution < 1.29 is 24.9 Å². The zero-order valence-corrected chi connectivity index (χ0v) is 34.9. The van der Waals surface area contributed by atoms with Crippen LogP contribution in [0.25, 0.3) is 0 Å². The van der Waals surface area contributed by atoms with Gasteiger partial charge in [0.1, 0.15) is 17.2 Å². The van der Waals surface area contributed by atoms with Crippen LogP contribution in [-0.2, 0) is 44.1 Å². The summed E-state index contributed by atoms with van der Waals surface area (Å²) in [5.74, 6) is 1.15. The monoisotopic (exact) mass is 731 g/mol. The predicted molar refractivity (Wildman–Crippen MR) is 220 cm³/mol. The van der Waals surface area contributed by atoms with E-state index in [0.717, 1.165) is 59.1 Å². The van der Waals surface area contributed by atoms with Gasteiger partial charge < -0.3 is 26.0 Å². The Morgan fingerprint density at radius 3 is 1.04 bits per heavy atom. The van der Waals surface area contributed by atoms with Gasteiger partial charge in [-0.2, -0.15) is 0 Å². The van der Waals surface area contributed by atoms with E-state index < -0.39 is 0 Å². The van der Waals surface area contributed by atoms with Gasteiger partial charge in [0.2, 0.25) is 11.8 Å². The van der Waals surface area contributed by atoms with Gasteiger partial charge in [-0.1, -0.05) is 138 Å². The molecule has 0 aliphatic carbocycles. The van der Waals surface area contributed by atoms with Crippen molar-refractivity contribution in [3.63, 3.8) is 0 Å². The van der Waals surface area contributed by atoms with Crippen LogP contribution in [0, 0.1) is 0 Å². The third-order valence-corrected chi connectivity index (χ3v) is 9.36. The lowest BCUT2D eigenvalue weighted by Crippen LogP contribution is -2.25. The van der Waals surface area contributed by atoms with Crippen molar-refractivity contribution in [2.45, 2.75) is 156 Å². The highest BCUT2D eigenvalue weighted by Gasteiger charge is 2.28. The second-order valence-corrected chi connectivity index (χ2v) is 18.5. The van der Waals surface area contributed by atoms with Crippen LogP contribution in [-0.4, -0.2) is 40.2 Å². The summed E-state index contributed by atoms with van der Waals surface area (Å²) in [4.78, 5) is 25.1. The number of benzene rings is 3. The average Bonchev–Trinajstić information content (AvgIpc) is 3.03. The van der Waals surface area contributed by atoms with Crippen LogP contribution in [0.1, 0.15) is 155 Å². The minimum atomic E-state index is -0.189. The topological polar surface area (TPSA) is 119 Å². The summed E-state index contributed by atoms with van der Waals surface area (Å²) in [6.45, 7) is 26.5. The van der Waals surface area contributed by atoms with Crippen LogP contribution < -0.4 is 10.6 Å². The van der Waals surface area contributed by atoms with Crippen LogP contribution >= 0.6 is 0 Å². The molecule has 0 spiro atoms. The van der Waals surface area contributed by atoms with Crippen LogP contribution in [0.3, 0.4) is 0 Å². The molecule has 53 heavy (non-hydrogen) atoms. The highest BCUT2D eigenvalue weighted by Crippen LogP contribution is 2.41. The summed E-state index contributed by atoms with van der Waals surface area (Å²) in [6.07, 6.45) is 5.93. The maximum Gasteiger partial charge on any atom is 0.220 e. The van der Waals surface area contributed by atoms with Crippen molar-refractivity contribution in [3.05, 3.63) is 88.0 Å². The Labute approximate surface area is 321 Å². The molecule has 0 aliphatic heterocycles. The second-order valence-electron chi connectivity index (χ2n) is 18.5. The minimum absolute atomic E-state index is 0.0489. The van der Waals surface area contributed by atoms with Crippen LogP contribution in [0.4, 0.5) is 0 Å². The highest BCUT2D eigenvalue weighted by atomic mass is 16.3. The molecule has 0 atom stereocenters. The lowest BCUT2D eigenvalue weighted by atomic mass is 9.78. The van der Waals surface area contributed by atoms with Crippen molar-refractivity contribution in [2.24, 2.45) is 0 Å². The quantitative estimate of drug-likeness (QED) is 0.112. The molecule has 3 aromatic rings. The number of carbonyl (C=O) groups excluding carboxylic acids is 2. The first-order chi connectivity index (χ1) is 24.4. The highest BCUT2D eigenvalue weighted by molar-refractivity contribution is 5.76. The lowest BCUT2D eigenvalue weighted by molar-refractivity contribution is -0.121. The van der Waals surface area contributed by atoms with E-state index in [1.165, 1.54) is 0 Å². The number of hydrogen-bond donors (Lipinski definition) is 5. The molecule has 0 saturated carbocycles. The summed E-state index contributed by atoms with van der Waals surface area (Å²) < 4.78 is 0. The van der Waals surface area contributed by atoms with E-state index in [1.54, 1.807) is 24.3 Å². The number of hydrogen-bond acceptors (Lipinski definition) is 5. The molecule has 0 saturated heterocycles. The number of aromatic hydroxyl groups is 3. The fourth-order valence-electron chi connectivity index (χ4n) is 6.14. The van der Waals surface area contributed by atoms with Crippen LogP contribution in [0.5, 0.6) is 17.2 Å². The van der Waals surface area contributed by atoms with Gasteiger partial charge in [0.25, 0.3) is 0 Å².